The van der Waals surface area contributed by atoms with Crippen LogP contribution in [0.15, 0.2) is 53.3 Å². The van der Waals surface area contributed by atoms with Crippen LogP contribution < -0.4 is 10.6 Å². The fraction of sp³-hybridized carbons (Fsp3) is 0.0667. The van der Waals surface area contributed by atoms with E-state index in [1.54, 1.807) is 18.5 Å². The van der Waals surface area contributed by atoms with Gasteiger partial charge in [0, 0.05) is 16.9 Å². The van der Waals surface area contributed by atoms with Crippen LogP contribution in [0.3, 0.4) is 0 Å². The van der Waals surface area contributed by atoms with E-state index in [9.17, 15) is 4.79 Å². The van der Waals surface area contributed by atoms with Gasteiger partial charge in [0.05, 0.1) is 0 Å². The molecule has 0 radical (unpaired) electrons. The van der Waals surface area contributed by atoms with E-state index in [0.717, 1.165) is 15.6 Å². The molecule has 2 rings (SSSR count). The number of amides is 2. The van der Waals surface area contributed by atoms with Crippen LogP contribution in [0, 0.1) is 6.92 Å². The lowest BCUT2D eigenvalue weighted by atomic mass is 10.2. The number of pyridine rings is 1. The van der Waals surface area contributed by atoms with Gasteiger partial charge >= 0.3 is 6.03 Å². The van der Waals surface area contributed by atoms with Crippen LogP contribution >= 0.6 is 15.9 Å². The standard InChI is InChI=1S/C15H14BrN3O/c1-11-5-6-14(18-10-11)19-15(20)17-8-7-12-3-2-4-13(16)9-12/h2-10H,1H3,(H2,17,18,19,20)/b8-7+. The number of hydrogen-bond acceptors (Lipinski definition) is 2. The highest BCUT2D eigenvalue weighted by molar-refractivity contribution is 9.10. The van der Waals surface area contributed by atoms with Gasteiger partial charge in [-0.05, 0) is 42.3 Å². The zero-order valence-corrected chi connectivity index (χ0v) is 12.5. The summed E-state index contributed by atoms with van der Waals surface area (Å²) in [6, 6.07) is 11.1. The molecule has 0 saturated heterocycles. The summed E-state index contributed by atoms with van der Waals surface area (Å²) in [5.74, 6) is 0.518. The molecular weight excluding hydrogens is 318 g/mol. The Morgan fingerprint density at radius 3 is 2.85 bits per heavy atom. The van der Waals surface area contributed by atoms with Gasteiger partial charge in [-0.1, -0.05) is 34.1 Å². The maximum atomic E-state index is 11.6. The summed E-state index contributed by atoms with van der Waals surface area (Å²) in [6.45, 7) is 1.94. The molecular formula is C15H14BrN3O. The molecule has 0 fully saturated rings. The van der Waals surface area contributed by atoms with Crippen LogP contribution in [-0.2, 0) is 0 Å². The molecule has 1 heterocycles. The van der Waals surface area contributed by atoms with Gasteiger partial charge in [-0.3, -0.25) is 5.32 Å². The topological polar surface area (TPSA) is 54.0 Å². The van der Waals surface area contributed by atoms with E-state index in [-0.39, 0.29) is 6.03 Å². The molecule has 102 valence electrons. The van der Waals surface area contributed by atoms with E-state index in [4.69, 9.17) is 0 Å². The number of benzene rings is 1. The first-order valence-corrected chi connectivity index (χ1v) is 6.85. The van der Waals surface area contributed by atoms with Crippen LogP contribution in [0.1, 0.15) is 11.1 Å². The number of hydrogen-bond donors (Lipinski definition) is 2. The third-order valence-corrected chi connectivity index (χ3v) is 2.99. The molecule has 2 N–H and O–H groups in total. The highest BCUT2D eigenvalue weighted by Crippen LogP contribution is 2.12. The van der Waals surface area contributed by atoms with Gasteiger partial charge in [0.2, 0.25) is 0 Å². The third kappa shape index (κ3) is 4.51. The van der Waals surface area contributed by atoms with Gasteiger partial charge in [-0.15, -0.1) is 0 Å². The Kier molecular flexibility index (Phi) is 4.90. The van der Waals surface area contributed by atoms with Crippen molar-refractivity contribution in [3.8, 4) is 0 Å². The molecule has 0 bridgehead atoms. The Hall–Kier alpha value is -2.14. The monoisotopic (exact) mass is 331 g/mol. The molecule has 2 amide bonds. The van der Waals surface area contributed by atoms with E-state index >= 15 is 0 Å². The minimum absolute atomic E-state index is 0.326. The Bertz CT molecular complexity index is 623. The zero-order chi connectivity index (χ0) is 14.4. The van der Waals surface area contributed by atoms with Gasteiger partial charge in [0.1, 0.15) is 5.82 Å². The number of nitrogens with one attached hydrogen (secondary N) is 2. The Morgan fingerprint density at radius 2 is 2.15 bits per heavy atom. The predicted octanol–water partition coefficient (Wildman–Crippen LogP) is 3.94. The molecule has 0 saturated carbocycles. The zero-order valence-electron chi connectivity index (χ0n) is 10.9. The summed E-state index contributed by atoms with van der Waals surface area (Å²) in [5.41, 5.74) is 2.04. The number of aryl methyl sites for hydroxylation is 1. The molecule has 0 aliphatic carbocycles. The minimum atomic E-state index is -0.326. The average molecular weight is 332 g/mol. The highest BCUT2D eigenvalue weighted by Gasteiger charge is 1.99. The van der Waals surface area contributed by atoms with E-state index in [2.05, 4.69) is 31.5 Å². The third-order valence-electron chi connectivity index (χ3n) is 2.49. The van der Waals surface area contributed by atoms with Crippen molar-refractivity contribution >= 4 is 33.9 Å². The molecule has 0 aliphatic heterocycles. The predicted molar refractivity (Wildman–Crippen MR) is 84.3 cm³/mol. The maximum absolute atomic E-state index is 11.6. The second-order valence-corrected chi connectivity index (χ2v) is 5.12. The number of carbonyl (C=O) groups excluding carboxylic acids is 1. The van der Waals surface area contributed by atoms with Gasteiger partial charge in [0.25, 0.3) is 0 Å². The Balaban J connectivity index is 1.87. The molecule has 4 nitrogen and oxygen atoms in total. The second kappa shape index (κ2) is 6.86. The van der Waals surface area contributed by atoms with Crippen molar-refractivity contribution in [1.82, 2.24) is 10.3 Å². The molecule has 20 heavy (non-hydrogen) atoms. The van der Waals surface area contributed by atoms with Crippen LogP contribution in [0.25, 0.3) is 6.08 Å². The number of nitrogens with zero attached hydrogens (tertiary/aromatic N) is 1. The number of carbonyl (C=O) groups is 1. The minimum Gasteiger partial charge on any atom is -0.314 e. The molecule has 2 aromatic rings. The van der Waals surface area contributed by atoms with Crippen LogP contribution in [0.2, 0.25) is 0 Å². The first-order chi connectivity index (χ1) is 9.63. The molecule has 1 aromatic heterocycles. The number of halogens is 1. The fourth-order valence-electron chi connectivity index (χ4n) is 1.52. The number of anilines is 1. The highest BCUT2D eigenvalue weighted by atomic mass is 79.9. The molecule has 0 unspecified atom stereocenters. The van der Waals surface area contributed by atoms with Crippen LogP contribution in [0.4, 0.5) is 10.6 Å². The lowest BCUT2D eigenvalue weighted by Crippen LogP contribution is -2.24. The van der Waals surface area contributed by atoms with Crippen LogP contribution in [-0.4, -0.2) is 11.0 Å². The Labute approximate surface area is 126 Å². The molecule has 0 atom stereocenters. The van der Waals surface area contributed by atoms with Crippen molar-refractivity contribution in [2.24, 2.45) is 0 Å². The molecule has 1 aromatic carbocycles. The van der Waals surface area contributed by atoms with E-state index in [0.29, 0.717) is 5.82 Å². The summed E-state index contributed by atoms with van der Waals surface area (Å²) < 4.78 is 0.993. The molecule has 0 aliphatic rings. The van der Waals surface area contributed by atoms with E-state index in [1.807, 2.05) is 43.3 Å². The number of rotatable bonds is 3. The summed E-state index contributed by atoms with van der Waals surface area (Å²) in [6.07, 6.45) is 5.10. The SMILES string of the molecule is Cc1ccc(NC(=O)N/C=C/c2cccc(Br)c2)nc1. The molecule has 0 spiro atoms. The quantitative estimate of drug-likeness (QED) is 0.894. The maximum Gasteiger partial charge on any atom is 0.324 e. The lowest BCUT2D eigenvalue weighted by molar-refractivity contribution is 0.255. The summed E-state index contributed by atoms with van der Waals surface area (Å²) in [4.78, 5) is 15.7. The first-order valence-electron chi connectivity index (χ1n) is 6.06. The number of aromatic nitrogens is 1. The second-order valence-electron chi connectivity index (χ2n) is 4.21. The van der Waals surface area contributed by atoms with Gasteiger partial charge in [-0.2, -0.15) is 0 Å². The molecule has 5 heteroatoms. The van der Waals surface area contributed by atoms with Gasteiger partial charge in [-0.25, -0.2) is 9.78 Å². The Morgan fingerprint density at radius 1 is 1.30 bits per heavy atom. The van der Waals surface area contributed by atoms with Crippen LogP contribution in [0.5, 0.6) is 0 Å². The summed E-state index contributed by atoms with van der Waals surface area (Å²) >= 11 is 3.39. The first kappa shape index (κ1) is 14.3. The van der Waals surface area contributed by atoms with Gasteiger partial charge in [0.15, 0.2) is 0 Å². The van der Waals surface area contributed by atoms with E-state index in [1.165, 1.54) is 0 Å². The normalized spacial score (nSPS) is 10.5. The lowest BCUT2D eigenvalue weighted by Gasteiger charge is -2.03. The largest absolute Gasteiger partial charge is 0.324 e. The summed E-state index contributed by atoms with van der Waals surface area (Å²) in [7, 11) is 0. The fourth-order valence-corrected chi connectivity index (χ4v) is 1.93. The van der Waals surface area contributed by atoms with Crippen molar-refractivity contribution in [3.05, 3.63) is 64.4 Å². The van der Waals surface area contributed by atoms with Crippen molar-refractivity contribution in [2.45, 2.75) is 6.92 Å². The summed E-state index contributed by atoms with van der Waals surface area (Å²) in [5, 5.41) is 5.27. The number of urea groups is 1. The van der Waals surface area contributed by atoms with Crippen molar-refractivity contribution in [2.75, 3.05) is 5.32 Å². The van der Waals surface area contributed by atoms with Gasteiger partial charge < -0.3 is 5.32 Å². The average Bonchev–Trinajstić information content (AvgIpc) is 2.41. The van der Waals surface area contributed by atoms with Crippen molar-refractivity contribution in [1.29, 1.82) is 0 Å². The van der Waals surface area contributed by atoms with E-state index < -0.39 is 0 Å². The van der Waals surface area contributed by atoms with Crippen molar-refractivity contribution < 1.29 is 4.79 Å². The van der Waals surface area contributed by atoms with Crippen molar-refractivity contribution in [3.63, 3.8) is 0 Å². The smallest absolute Gasteiger partial charge is 0.314 e.